The quantitative estimate of drug-likeness (QED) is 0.610. The van der Waals surface area contributed by atoms with E-state index in [4.69, 9.17) is 0 Å². The molecule has 1 N–H and O–H groups in total. The van der Waals surface area contributed by atoms with Crippen molar-refractivity contribution >= 4 is 32.9 Å². The van der Waals surface area contributed by atoms with Crippen molar-refractivity contribution in [3.63, 3.8) is 0 Å². The van der Waals surface area contributed by atoms with Gasteiger partial charge in [0.25, 0.3) is 0 Å². The maximum Gasteiger partial charge on any atom is 0.329 e. The Morgan fingerprint density at radius 1 is 1.04 bits per heavy atom. The van der Waals surface area contributed by atoms with Crippen molar-refractivity contribution in [3.05, 3.63) is 69.1 Å². The lowest BCUT2D eigenvalue weighted by Gasteiger charge is -2.17. The third kappa shape index (κ3) is 4.16. The van der Waals surface area contributed by atoms with E-state index < -0.39 is 0 Å². The number of hydrogen-bond acceptors (Lipinski definition) is 2. The van der Waals surface area contributed by atoms with Crippen LogP contribution in [0.5, 0.6) is 0 Å². The highest BCUT2D eigenvalue weighted by Crippen LogP contribution is 2.20. The molecule has 2 aromatic carbocycles. The number of carbonyl (C=O) groups is 1. The number of imidazole rings is 1. The molecule has 0 saturated heterocycles. The van der Waals surface area contributed by atoms with Crippen molar-refractivity contribution in [2.45, 2.75) is 45.8 Å². The highest BCUT2D eigenvalue weighted by Gasteiger charge is 2.15. The van der Waals surface area contributed by atoms with Crippen molar-refractivity contribution in [1.82, 2.24) is 14.5 Å². The average molecular weight is 430 g/mol. The van der Waals surface area contributed by atoms with E-state index in [1.165, 1.54) is 0 Å². The minimum Gasteiger partial charge on any atom is -0.349 e. The van der Waals surface area contributed by atoms with E-state index in [9.17, 15) is 9.59 Å². The van der Waals surface area contributed by atoms with Crippen molar-refractivity contribution in [2.24, 2.45) is 0 Å². The zero-order valence-electron chi connectivity index (χ0n) is 15.6. The minimum absolute atomic E-state index is 0.0284. The van der Waals surface area contributed by atoms with Crippen LogP contribution in [0, 0.1) is 0 Å². The summed E-state index contributed by atoms with van der Waals surface area (Å²) in [5, 5.41) is 3.08. The van der Waals surface area contributed by atoms with E-state index in [2.05, 4.69) is 21.2 Å². The van der Waals surface area contributed by atoms with E-state index >= 15 is 0 Å². The molecule has 1 heterocycles. The maximum absolute atomic E-state index is 12.7. The summed E-state index contributed by atoms with van der Waals surface area (Å²) in [6.45, 7) is 4.98. The number of amides is 1. The topological polar surface area (TPSA) is 56.0 Å². The first-order valence-corrected chi connectivity index (χ1v) is 10.1. The Hall–Kier alpha value is -2.34. The van der Waals surface area contributed by atoms with Gasteiger partial charge in [-0.2, -0.15) is 0 Å². The Bertz CT molecular complexity index is 989. The summed E-state index contributed by atoms with van der Waals surface area (Å²) >= 11 is 3.43. The minimum atomic E-state index is -0.0635. The molecule has 0 spiro atoms. The maximum atomic E-state index is 12.7. The molecular weight excluding hydrogens is 406 g/mol. The summed E-state index contributed by atoms with van der Waals surface area (Å²) in [5.41, 5.74) is 2.80. The second kappa shape index (κ2) is 8.57. The molecule has 0 aliphatic rings. The molecule has 6 heteroatoms. The van der Waals surface area contributed by atoms with E-state index in [0.717, 1.165) is 27.5 Å². The smallest absolute Gasteiger partial charge is 0.329 e. The van der Waals surface area contributed by atoms with Crippen LogP contribution in [-0.2, 0) is 17.9 Å². The van der Waals surface area contributed by atoms with Crippen molar-refractivity contribution < 1.29 is 4.79 Å². The van der Waals surface area contributed by atoms with Gasteiger partial charge < -0.3 is 5.32 Å². The fourth-order valence-corrected chi connectivity index (χ4v) is 3.65. The first kappa shape index (κ1) is 19.4. The highest BCUT2D eigenvalue weighted by molar-refractivity contribution is 9.10. The standard InChI is InChI=1S/C21H24BrN3O2/c1-3-17(15-9-11-16(22)12-10-15)23-20(26)13-14-25-19-8-6-5-7-18(19)24(4-2)21(25)27/h5-12,17H,3-4,13-14H2,1-2H3,(H,23,26). The Kier molecular flexibility index (Phi) is 6.16. The van der Waals surface area contributed by atoms with Crippen molar-refractivity contribution in [1.29, 1.82) is 0 Å². The normalized spacial score (nSPS) is 12.3. The number of hydrogen-bond donors (Lipinski definition) is 1. The van der Waals surface area contributed by atoms with Crippen LogP contribution in [0.3, 0.4) is 0 Å². The van der Waals surface area contributed by atoms with Gasteiger partial charge in [0.15, 0.2) is 0 Å². The number of benzene rings is 2. The molecule has 5 nitrogen and oxygen atoms in total. The Labute approximate surface area is 167 Å². The predicted octanol–water partition coefficient (Wildman–Crippen LogP) is 4.24. The Morgan fingerprint density at radius 2 is 1.67 bits per heavy atom. The molecule has 3 aromatic rings. The molecule has 1 amide bonds. The summed E-state index contributed by atoms with van der Waals surface area (Å²) in [7, 11) is 0. The molecule has 1 unspecified atom stereocenters. The SMILES string of the molecule is CCC(NC(=O)CCn1c(=O)n(CC)c2ccccc21)c1ccc(Br)cc1. The van der Waals surface area contributed by atoms with Crippen LogP contribution in [0.2, 0.25) is 0 Å². The van der Waals surface area contributed by atoms with E-state index in [1.54, 1.807) is 9.13 Å². The van der Waals surface area contributed by atoms with Gasteiger partial charge >= 0.3 is 5.69 Å². The van der Waals surface area contributed by atoms with Gasteiger partial charge in [-0.05, 0) is 43.2 Å². The summed E-state index contributed by atoms with van der Waals surface area (Å²) in [6, 6.07) is 15.7. The fraction of sp³-hybridized carbons (Fsp3) is 0.333. The summed E-state index contributed by atoms with van der Waals surface area (Å²) in [6.07, 6.45) is 1.08. The molecule has 27 heavy (non-hydrogen) atoms. The van der Waals surface area contributed by atoms with Crippen LogP contribution < -0.4 is 11.0 Å². The number of nitrogens with zero attached hydrogens (tertiary/aromatic N) is 2. The van der Waals surface area contributed by atoms with Gasteiger partial charge in [-0.25, -0.2) is 4.79 Å². The second-order valence-corrected chi connectivity index (χ2v) is 7.41. The molecule has 1 aromatic heterocycles. The van der Waals surface area contributed by atoms with E-state index in [-0.39, 0.29) is 24.1 Å². The molecule has 142 valence electrons. The van der Waals surface area contributed by atoms with E-state index in [0.29, 0.717) is 13.1 Å². The van der Waals surface area contributed by atoms with Crippen LogP contribution in [0.15, 0.2) is 57.8 Å². The van der Waals surface area contributed by atoms with Crippen molar-refractivity contribution in [2.75, 3.05) is 0 Å². The summed E-state index contributed by atoms with van der Waals surface area (Å²) in [4.78, 5) is 25.2. The van der Waals surface area contributed by atoms with Crippen LogP contribution in [0.4, 0.5) is 0 Å². The number of fused-ring (bicyclic) bond motifs is 1. The predicted molar refractivity (Wildman–Crippen MR) is 112 cm³/mol. The average Bonchev–Trinajstić information content (AvgIpc) is 2.96. The Morgan fingerprint density at radius 3 is 2.26 bits per heavy atom. The van der Waals surface area contributed by atoms with Gasteiger partial charge in [-0.1, -0.05) is 47.1 Å². The molecule has 1 atom stereocenters. The largest absolute Gasteiger partial charge is 0.349 e. The molecule has 0 aliphatic heterocycles. The van der Waals surface area contributed by atoms with Gasteiger partial charge in [0.2, 0.25) is 5.91 Å². The molecule has 0 radical (unpaired) electrons. The summed E-state index contributed by atoms with van der Waals surface area (Å²) in [5.74, 6) is -0.0509. The monoisotopic (exact) mass is 429 g/mol. The third-order valence-corrected chi connectivity index (χ3v) is 5.35. The van der Waals surface area contributed by atoms with Crippen LogP contribution >= 0.6 is 15.9 Å². The van der Waals surface area contributed by atoms with Crippen LogP contribution in [0.25, 0.3) is 11.0 Å². The zero-order chi connectivity index (χ0) is 19.4. The van der Waals surface area contributed by atoms with Gasteiger partial charge in [-0.15, -0.1) is 0 Å². The number of halogens is 1. The van der Waals surface area contributed by atoms with Gasteiger partial charge in [0, 0.05) is 24.0 Å². The molecule has 0 saturated carbocycles. The molecular formula is C21H24BrN3O2. The number of aromatic nitrogens is 2. The number of carbonyl (C=O) groups excluding carboxylic acids is 1. The summed E-state index contributed by atoms with van der Waals surface area (Å²) < 4.78 is 4.45. The zero-order valence-corrected chi connectivity index (χ0v) is 17.2. The number of para-hydroxylation sites is 2. The number of rotatable bonds is 7. The van der Waals surface area contributed by atoms with Crippen LogP contribution in [0.1, 0.15) is 38.3 Å². The first-order chi connectivity index (χ1) is 13.0. The van der Waals surface area contributed by atoms with Crippen molar-refractivity contribution in [3.8, 4) is 0 Å². The first-order valence-electron chi connectivity index (χ1n) is 9.28. The molecule has 0 bridgehead atoms. The van der Waals surface area contributed by atoms with E-state index in [1.807, 2.05) is 62.4 Å². The second-order valence-electron chi connectivity index (χ2n) is 6.50. The highest BCUT2D eigenvalue weighted by atomic mass is 79.9. The lowest BCUT2D eigenvalue weighted by molar-refractivity contribution is -0.122. The number of nitrogens with one attached hydrogen (secondary N) is 1. The van der Waals surface area contributed by atoms with Gasteiger partial charge in [0.05, 0.1) is 17.1 Å². The lowest BCUT2D eigenvalue weighted by Crippen LogP contribution is -2.31. The molecule has 3 rings (SSSR count). The van der Waals surface area contributed by atoms with Gasteiger partial charge in [-0.3, -0.25) is 13.9 Å². The molecule has 0 aliphatic carbocycles. The lowest BCUT2D eigenvalue weighted by atomic mass is 10.0. The Balaban J connectivity index is 1.72. The third-order valence-electron chi connectivity index (χ3n) is 4.82. The van der Waals surface area contributed by atoms with Gasteiger partial charge in [0.1, 0.15) is 0 Å². The number of aryl methyl sites for hydroxylation is 2. The fourth-order valence-electron chi connectivity index (χ4n) is 3.39. The van der Waals surface area contributed by atoms with Crippen LogP contribution in [-0.4, -0.2) is 15.0 Å². The molecule has 0 fully saturated rings.